The van der Waals surface area contributed by atoms with Crippen LogP contribution in [0.2, 0.25) is 0 Å². The highest BCUT2D eigenvalue weighted by molar-refractivity contribution is 7.47. The highest BCUT2D eigenvalue weighted by atomic mass is 31.2. The van der Waals surface area contributed by atoms with Gasteiger partial charge in [-0.15, -0.1) is 0 Å². The number of carbonyl (C=O) groups is 4. The second-order valence-corrected chi connectivity index (χ2v) is 27.0. The minimum absolute atomic E-state index is 0.102. The minimum atomic E-state index is -4.94. The number of esters is 4. The standard InChI is InChI=1S/C64H124O17P2/c1-7-9-11-13-15-16-24-28-35-41-47-62(67)75-53-59(80-63(68)48-42-36-29-25-22-20-18-17-19-21-23-27-32-38-44-56(3)4)54-78-82(70,71)76-50-58(65)51-77-83(72,73)79-55-60(52-74-61(66)46-40-34-26-14-12-10-8-2)81-64(69)49-43-37-31-30-33-39-45-57(5)6/h56-60,65H,7-55H2,1-6H3,(H,70,71)(H,72,73)/t58-,59-,60-/m1/s1. The lowest BCUT2D eigenvalue weighted by Crippen LogP contribution is -2.30. The number of rotatable bonds is 63. The topological polar surface area (TPSA) is 237 Å². The van der Waals surface area contributed by atoms with Crippen LogP contribution in [0.1, 0.15) is 318 Å². The zero-order valence-corrected chi connectivity index (χ0v) is 55.3. The van der Waals surface area contributed by atoms with Crippen LogP contribution in [-0.4, -0.2) is 96.7 Å². The van der Waals surface area contributed by atoms with Crippen LogP contribution >= 0.6 is 15.6 Å². The van der Waals surface area contributed by atoms with E-state index in [0.717, 1.165) is 109 Å². The number of phosphoric acid groups is 2. The molecule has 0 rings (SSSR count). The third-order valence-electron chi connectivity index (χ3n) is 14.7. The monoisotopic (exact) mass is 1230 g/mol. The van der Waals surface area contributed by atoms with Crippen LogP contribution in [0.25, 0.3) is 0 Å². The summed E-state index contributed by atoms with van der Waals surface area (Å²) in [6, 6.07) is 0. The van der Waals surface area contributed by atoms with Crippen molar-refractivity contribution >= 4 is 39.5 Å². The molecular weight excluding hydrogens is 1100 g/mol. The molecule has 0 aliphatic heterocycles. The van der Waals surface area contributed by atoms with Gasteiger partial charge < -0.3 is 33.8 Å². The van der Waals surface area contributed by atoms with Crippen LogP contribution in [0.4, 0.5) is 0 Å². The van der Waals surface area contributed by atoms with Crippen molar-refractivity contribution in [2.45, 2.75) is 336 Å². The van der Waals surface area contributed by atoms with Gasteiger partial charge in [-0.05, 0) is 37.5 Å². The Bertz CT molecular complexity index is 1630. The predicted molar refractivity (Wildman–Crippen MR) is 331 cm³/mol. The van der Waals surface area contributed by atoms with E-state index in [0.29, 0.717) is 31.6 Å². The fourth-order valence-electron chi connectivity index (χ4n) is 9.53. The number of aliphatic hydroxyl groups excluding tert-OH is 1. The van der Waals surface area contributed by atoms with Gasteiger partial charge in [0.15, 0.2) is 12.2 Å². The van der Waals surface area contributed by atoms with E-state index < -0.39 is 97.5 Å². The van der Waals surface area contributed by atoms with Gasteiger partial charge in [0.2, 0.25) is 0 Å². The molecule has 0 aliphatic carbocycles. The van der Waals surface area contributed by atoms with Crippen LogP contribution in [0.5, 0.6) is 0 Å². The van der Waals surface area contributed by atoms with E-state index in [1.165, 1.54) is 122 Å². The summed E-state index contributed by atoms with van der Waals surface area (Å²) in [5.74, 6) is -0.677. The van der Waals surface area contributed by atoms with Gasteiger partial charge in [0.1, 0.15) is 19.3 Å². The van der Waals surface area contributed by atoms with Crippen molar-refractivity contribution in [3.05, 3.63) is 0 Å². The first-order valence-electron chi connectivity index (χ1n) is 33.5. The molecule has 492 valence electrons. The Morgan fingerprint density at radius 1 is 0.325 bits per heavy atom. The van der Waals surface area contributed by atoms with Crippen LogP contribution in [-0.2, 0) is 65.4 Å². The molecule has 0 aromatic carbocycles. The fraction of sp³-hybridized carbons (Fsp3) is 0.938. The van der Waals surface area contributed by atoms with Gasteiger partial charge in [-0.2, -0.15) is 0 Å². The largest absolute Gasteiger partial charge is 0.472 e. The molecule has 5 atom stereocenters. The summed E-state index contributed by atoms with van der Waals surface area (Å²) in [6.45, 7) is 9.38. The van der Waals surface area contributed by atoms with E-state index in [9.17, 15) is 43.2 Å². The third kappa shape index (κ3) is 58.8. The van der Waals surface area contributed by atoms with Crippen molar-refractivity contribution in [3.8, 4) is 0 Å². The summed E-state index contributed by atoms with van der Waals surface area (Å²) in [7, 11) is -9.88. The second-order valence-electron chi connectivity index (χ2n) is 24.1. The molecule has 0 saturated heterocycles. The number of carbonyl (C=O) groups excluding carboxylic acids is 4. The van der Waals surface area contributed by atoms with E-state index >= 15 is 0 Å². The molecule has 83 heavy (non-hydrogen) atoms. The molecule has 0 fully saturated rings. The van der Waals surface area contributed by atoms with Gasteiger partial charge in [0.05, 0.1) is 26.4 Å². The van der Waals surface area contributed by atoms with Crippen molar-refractivity contribution in [1.82, 2.24) is 0 Å². The summed E-state index contributed by atoms with van der Waals surface area (Å²) in [5, 5.41) is 10.5. The molecule has 2 unspecified atom stereocenters. The van der Waals surface area contributed by atoms with E-state index in [4.69, 9.17) is 37.0 Å². The quantitative estimate of drug-likeness (QED) is 0.0222. The van der Waals surface area contributed by atoms with Crippen LogP contribution in [0.3, 0.4) is 0 Å². The van der Waals surface area contributed by atoms with Gasteiger partial charge in [-0.25, -0.2) is 9.13 Å². The molecule has 0 aromatic heterocycles. The molecule has 0 aromatic rings. The van der Waals surface area contributed by atoms with Crippen LogP contribution < -0.4 is 0 Å². The summed E-state index contributed by atoms with van der Waals surface area (Å²) < 4.78 is 67.9. The number of unbranched alkanes of at least 4 members (excludes halogenated alkanes) is 33. The average molecular weight is 1230 g/mol. The Balaban J connectivity index is 5.17. The van der Waals surface area contributed by atoms with E-state index in [2.05, 4.69) is 41.5 Å². The third-order valence-corrected chi connectivity index (χ3v) is 16.6. The number of hydrogen-bond acceptors (Lipinski definition) is 15. The summed E-state index contributed by atoms with van der Waals surface area (Å²) >= 11 is 0. The van der Waals surface area contributed by atoms with E-state index in [1.807, 2.05) is 0 Å². The van der Waals surface area contributed by atoms with Crippen molar-refractivity contribution < 1.29 is 80.2 Å². The molecule has 0 saturated carbocycles. The maximum Gasteiger partial charge on any atom is 0.472 e. The SMILES string of the molecule is CCCCCCCCCCCCC(=O)OC[C@H](COP(=O)(O)OC[C@@H](O)COP(=O)(O)OC[C@@H](COC(=O)CCCCCCCCC)OC(=O)CCCCCCCCC(C)C)OC(=O)CCCCCCCCCCCCCCCCC(C)C. The lowest BCUT2D eigenvalue weighted by molar-refractivity contribution is -0.161. The van der Waals surface area contributed by atoms with Gasteiger partial charge in [0.25, 0.3) is 0 Å². The number of hydrogen-bond donors (Lipinski definition) is 3. The van der Waals surface area contributed by atoms with E-state index in [1.54, 1.807) is 0 Å². The normalized spacial score (nSPS) is 14.3. The molecule has 0 spiro atoms. The van der Waals surface area contributed by atoms with Gasteiger partial charge in [-0.1, -0.05) is 266 Å². The first kappa shape index (κ1) is 81.1. The Kier molecular flexibility index (Phi) is 55.2. The first-order chi connectivity index (χ1) is 39.9. The molecular formula is C64H124O17P2. The highest BCUT2D eigenvalue weighted by Crippen LogP contribution is 2.45. The molecule has 0 bridgehead atoms. The molecule has 0 radical (unpaired) electrons. The molecule has 0 heterocycles. The van der Waals surface area contributed by atoms with Crippen molar-refractivity contribution in [3.63, 3.8) is 0 Å². The van der Waals surface area contributed by atoms with Crippen molar-refractivity contribution in [2.75, 3.05) is 39.6 Å². The minimum Gasteiger partial charge on any atom is -0.462 e. The Labute approximate surface area is 505 Å². The molecule has 0 aliphatic rings. The Hall–Kier alpha value is -1.94. The zero-order chi connectivity index (χ0) is 61.5. The van der Waals surface area contributed by atoms with Gasteiger partial charge >= 0.3 is 39.5 Å². The molecule has 3 N–H and O–H groups in total. The maximum atomic E-state index is 13.0. The summed E-state index contributed by atoms with van der Waals surface area (Å²) in [4.78, 5) is 72.0. The lowest BCUT2D eigenvalue weighted by Gasteiger charge is -2.21. The second kappa shape index (κ2) is 56.6. The molecule has 17 nitrogen and oxygen atoms in total. The fourth-order valence-corrected chi connectivity index (χ4v) is 11.1. The van der Waals surface area contributed by atoms with Gasteiger partial charge in [0, 0.05) is 25.7 Å². The maximum absolute atomic E-state index is 13.0. The van der Waals surface area contributed by atoms with E-state index in [-0.39, 0.29) is 25.7 Å². The van der Waals surface area contributed by atoms with Crippen LogP contribution in [0.15, 0.2) is 0 Å². The number of ether oxygens (including phenoxy) is 4. The van der Waals surface area contributed by atoms with Crippen LogP contribution in [0, 0.1) is 11.8 Å². The lowest BCUT2D eigenvalue weighted by atomic mass is 10.0. The smallest absolute Gasteiger partial charge is 0.462 e. The van der Waals surface area contributed by atoms with Crippen molar-refractivity contribution in [2.24, 2.45) is 11.8 Å². The van der Waals surface area contributed by atoms with Gasteiger partial charge in [-0.3, -0.25) is 37.3 Å². The van der Waals surface area contributed by atoms with Crippen molar-refractivity contribution in [1.29, 1.82) is 0 Å². The number of aliphatic hydroxyl groups is 1. The highest BCUT2D eigenvalue weighted by Gasteiger charge is 2.30. The average Bonchev–Trinajstić information content (AvgIpc) is 3.45. The predicted octanol–water partition coefficient (Wildman–Crippen LogP) is 17.7. The Morgan fingerprint density at radius 3 is 0.819 bits per heavy atom. The first-order valence-corrected chi connectivity index (χ1v) is 36.5. The Morgan fingerprint density at radius 2 is 0.554 bits per heavy atom. The molecule has 19 heteroatoms. The number of phosphoric ester groups is 2. The zero-order valence-electron chi connectivity index (χ0n) is 53.5. The summed E-state index contributed by atoms with van der Waals surface area (Å²) in [6.07, 6.45) is 39.2. The molecule has 0 amide bonds. The summed E-state index contributed by atoms with van der Waals surface area (Å²) in [5.41, 5.74) is 0.